The van der Waals surface area contributed by atoms with Gasteiger partial charge in [-0.1, -0.05) is 0 Å². The lowest BCUT2D eigenvalue weighted by molar-refractivity contribution is -0.112. The molecule has 6 rings (SSSR count). The standard InChI is InChI=1S/C26H26N6O3/c27-9-17-5-18(11-28-10-17)26(34)29-24-6-19-12-32(20-3-1-16(14-33)2-4-20)30-23(19)8-25(24)31-13-22-7-21(31)15-35-22/h5-6,8,10-12,14,16,20-22H,1-4,7,13,15H2,(H,29,34)/t16?,20?,21-,22-/m1/s1. The van der Waals surface area contributed by atoms with Gasteiger partial charge in [0, 0.05) is 36.4 Å². The van der Waals surface area contributed by atoms with Crippen LogP contribution in [-0.2, 0) is 9.53 Å². The molecule has 3 aromatic rings. The molecule has 0 radical (unpaired) electrons. The summed E-state index contributed by atoms with van der Waals surface area (Å²) in [5, 5.41) is 18.1. The SMILES string of the molecule is N#Cc1cncc(C(=O)Nc2cc3cn(C4CCC(C=O)CC4)nc3cc2N2C[C@H]3C[C@@H]2CO3)c1. The quantitative estimate of drug-likeness (QED) is 0.568. The Balaban J connectivity index is 1.35. The van der Waals surface area contributed by atoms with Gasteiger partial charge in [-0.2, -0.15) is 10.4 Å². The van der Waals surface area contributed by atoms with E-state index in [4.69, 9.17) is 9.84 Å². The van der Waals surface area contributed by atoms with E-state index in [0.29, 0.717) is 23.4 Å². The number of rotatable bonds is 5. The molecule has 9 nitrogen and oxygen atoms in total. The first-order valence-corrected chi connectivity index (χ1v) is 12.1. The number of carbonyl (C=O) groups is 2. The molecule has 1 aromatic carbocycles. The molecule has 35 heavy (non-hydrogen) atoms. The number of aldehydes is 1. The number of benzene rings is 1. The van der Waals surface area contributed by atoms with E-state index < -0.39 is 0 Å². The third-order valence-electron chi connectivity index (χ3n) is 7.54. The largest absolute Gasteiger partial charge is 0.374 e. The number of hydrogen-bond donors (Lipinski definition) is 1. The Labute approximate surface area is 202 Å². The molecule has 9 heteroatoms. The van der Waals surface area contributed by atoms with Crippen molar-refractivity contribution in [3.05, 3.63) is 47.9 Å². The number of fused-ring (bicyclic) bond motifs is 3. The van der Waals surface area contributed by atoms with Crippen LogP contribution >= 0.6 is 0 Å². The summed E-state index contributed by atoms with van der Waals surface area (Å²) in [5.41, 5.74) is 3.20. The number of nitriles is 1. The lowest BCUT2D eigenvalue weighted by Gasteiger charge is -2.30. The molecule has 0 spiro atoms. The van der Waals surface area contributed by atoms with E-state index in [0.717, 1.165) is 61.5 Å². The number of morpholine rings is 1. The second kappa shape index (κ2) is 8.78. The molecule has 4 heterocycles. The van der Waals surface area contributed by atoms with E-state index in [2.05, 4.69) is 21.3 Å². The number of carbonyl (C=O) groups excluding carboxylic acids is 2. The van der Waals surface area contributed by atoms with Gasteiger partial charge in [0.2, 0.25) is 0 Å². The molecule has 2 saturated heterocycles. The van der Waals surface area contributed by atoms with Gasteiger partial charge in [0.1, 0.15) is 12.4 Å². The van der Waals surface area contributed by atoms with Crippen LogP contribution in [0.15, 0.2) is 36.8 Å². The maximum Gasteiger partial charge on any atom is 0.257 e. The minimum atomic E-state index is -0.310. The van der Waals surface area contributed by atoms with Crippen LogP contribution in [0.25, 0.3) is 10.9 Å². The van der Waals surface area contributed by atoms with Gasteiger partial charge < -0.3 is 19.7 Å². The van der Waals surface area contributed by atoms with Gasteiger partial charge in [-0.15, -0.1) is 0 Å². The normalized spacial score (nSPS) is 25.5. The number of aromatic nitrogens is 3. The first kappa shape index (κ1) is 21.7. The van der Waals surface area contributed by atoms with Crippen LogP contribution in [0.1, 0.15) is 54.1 Å². The van der Waals surface area contributed by atoms with Crippen molar-refractivity contribution < 1.29 is 14.3 Å². The third kappa shape index (κ3) is 4.04. The molecule has 1 aliphatic carbocycles. The molecule has 3 fully saturated rings. The van der Waals surface area contributed by atoms with Crippen LogP contribution in [0, 0.1) is 17.2 Å². The number of nitrogens with one attached hydrogen (secondary N) is 1. The molecule has 0 unspecified atom stereocenters. The van der Waals surface area contributed by atoms with Crippen molar-refractivity contribution in [1.82, 2.24) is 14.8 Å². The van der Waals surface area contributed by atoms with E-state index in [1.54, 1.807) is 6.07 Å². The highest BCUT2D eigenvalue weighted by Crippen LogP contribution is 2.40. The Kier molecular flexibility index (Phi) is 5.46. The third-order valence-corrected chi connectivity index (χ3v) is 7.54. The van der Waals surface area contributed by atoms with Crippen molar-refractivity contribution in [2.24, 2.45) is 5.92 Å². The maximum absolute atomic E-state index is 13.1. The lowest BCUT2D eigenvalue weighted by Crippen LogP contribution is -2.37. The highest BCUT2D eigenvalue weighted by Gasteiger charge is 2.40. The molecule has 2 aromatic heterocycles. The molecule has 2 aliphatic heterocycles. The first-order valence-electron chi connectivity index (χ1n) is 12.1. The smallest absolute Gasteiger partial charge is 0.257 e. The second-order valence-corrected chi connectivity index (χ2v) is 9.77. The van der Waals surface area contributed by atoms with Gasteiger partial charge >= 0.3 is 0 Å². The average Bonchev–Trinajstić information content (AvgIpc) is 3.64. The number of pyridine rings is 1. The zero-order valence-corrected chi connectivity index (χ0v) is 19.3. The van der Waals surface area contributed by atoms with E-state index >= 15 is 0 Å². The molecule has 1 N–H and O–H groups in total. The highest BCUT2D eigenvalue weighted by atomic mass is 16.5. The summed E-state index contributed by atoms with van der Waals surface area (Å²) < 4.78 is 7.82. The Morgan fingerprint density at radius 3 is 2.74 bits per heavy atom. The van der Waals surface area contributed by atoms with E-state index in [1.165, 1.54) is 12.4 Å². The van der Waals surface area contributed by atoms with Gasteiger partial charge in [-0.3, -0.25) is 14.5 Å². The highest BCUT2D eigenvalue weighted by molar-refractivity contribution is 6.07. The van der Waals surface area contributed by atoms with E-state index in [9.17, 15) is 14.9 Å². The fourth-order valence-corrected chi connectivity index (χ4v) is 5.62. The van der Waals surface area contributed by atoms with Crippen LogP contribution in [0.3, 0.4) is 0 Å². The van der Waals surface area contributed by atoms with Crippen LogP contribution in [0.5, 0.6) is 0 Å². The minimum Gasteiger partial charge on any atom is -0.374 e. The number of amides is 1. The fourth-order valence-electron chi connectivity index (χ4n) is 5.62. The summed E-state index contributed by atoms with van der Waals surface area (Å²) in [7, 11) is 0. The van der Waals surface area contributed by atoms with Crippen molar-refractivity contribution in [3.8, 4) is 6.07 Å². The summed E-state index contributed by atoms with van der Waals surface area (Å²) in [6.07, 6.45) is 10.9. The minimum absolute atomic E-state index is 0.159. The molecule has 2 bridgehead atoms. The number of hydrogen-bond acceptors (Lipinski definition) is 7. The van der Waals surface area contributed by atoms with E-state index in [1.807, 2.05) is 23.0 Å². The Bertz CT molecular complexity index is 1340. The predicted molar refractivity (Wildman–Crippen MR) is 129 cm³/mol. The summed E-state index contributed by atoms with van der Waals surface area (Å²) in [6, 6.07) is 8.16. The predicted octanol–water partition coefficient (Wildman–Crippen LogP) is 3.46. The van der Waals surface area contributed by atoms with Gasteiger partial charge in [0.25, 0.3) is 5.91 Å². The number of anilines is 2. The van der Waals surface area contributed by atoms with Crippen LogP contribution in [0.2, 0.25) is 0 Å². The van der Waals surface area contributed by atoms with E-state index in [-0.39, 0.29) is 30.0 Å². The van der Waals surface area contributed by atoms with Gasteiger partial charge in [-0.05, 0) is 50.3 Å². The molecule has 3 aliphatic rings. The number of nitrogens with zero attached hydrogens (tertiary/aromatic N) is 5. The summed E-state index contributed by atoms with van der Waals surface area (Å²) in [6.45, 7) is 1.46. The molecule has 1 saturated carbocycles. The zero-order chi connectivity index (χ0) is 23.9. The monoisotopic (exact) mass is 470 g/mol. The Hall–Kier alpha value is -3.77. The molecular weight excluding hydrogens is 444 g/mol. The Morgan fingerprint density at radius 1 is 1.17 bits per heavy atom. The van der Waals surface area contributed by atoms with Crippen molar-refractivity contribution in [1.29, 1.82) is 5.26 Å². The number of ether oxygens (including phenoxy) is 1. The summed E-state index contributed by atoms with van der Waals surface area (Å²) >= 11 is 0. The second-order valence-electron chi connectivity index (χ2n) is 9.77. The Morgan fingerprint density at radius 2 is 2.03 bits per heavy atom. The van der Waals surface area contributed by atoms with Crippen molar-refractivity contribution in [2.75, 3.05) is 23.4 Å². The summed E-state index contributed by atoms with van der Waals surface area (Å²) in [5.74, 6) is -0.151. The average molecular weight is 471 g/mol. The van der Waals surface area contributed by atoms with Gasteiger partial charge in [0.15, 0.2) is 0 Å². The zero-order valence-electron chi connectivity index (χ0n) is 19.3. The maximum atomic E-state index is 13.1. The van der Waals surface area contributed by atoms with Gasteiger partial charge in [-0.25, -0.2) is 0 Å². The molecule has 178 valence electrons. The van der Waals surface area contributed by atoms with Crippen molar-refractivity contribution in [2.45, 2.75) is 50.3 Å². The summed E-state index contributed by atoms with van der Waals surface area (Å²) in [4.78, 5) is 30.6. The molecule has 1 amide bonds. The fraction of sp³-hybridized carbons (Fsp3) is 0.423. The van der Waals surface area contributed by atoms with Crippen molar-refractivity contribution >= 4 is 34.5 Å². The molecular formula is C26H26N6O3. The van der Waals surface area contributed by atoms with Crippen molar-refractivity contribution in [3.63, 3.8) is 0 Å². The lowest BCUT2D eigenvalue weighted by atomic mass is 9.87. The van der Waals surface area contributed by atoms with Crippen LogP contribution in [0.4, 0.5) is 11.4 Å². The van der Waals surface area contributed by atoms with Gasteiger partial charge in [0.05, 0.1) is 52.8 Å². The topological polar surface area (TPSA) is 113 Å². The van der Waals surface area contributed by atoms with Crippen LogP contribution < -0.4 is 10.2 Å². The first-order chi connectivity index (χ1) is 17.1. The van der Waals surface area contributed by atoms with Crippen LogP contribution in [-0.4, -0.2) is 52.3 Å². The molecule has 2 atom stereocenters.